The predicted molar refractivity (Wildman–Crippen MR) is 65.0 cm³/mol. The van der Waals surface area contributed by atoms with Gasteiger partial charge in [0.25, 0.3) is 0 Å². The summed E-state index contributed by atoms with van der Waals surface area (Å²) < 4.78 is 38.4. The molecule has 0 aromatic heterocycles. The summed E-state index contributed by atoms with van der Waals surface area (Å²) in [5.74, 6) is 0. The van der Waals surface area contributed by atoms with E-state index in [4.69, 9.17) is 0 Å². The van der Waals surface area contributed by atoms with Crippen LogP contribution in [0.5, 0.6) is 0 Å². The average molecular weight is 267 g/mol. The molecule has 0 spiro atoms. The molecule has 0 aliphatic heterocycles. The maximum absolute atomic E-state index is 12.8. The first-order valence-corrected chi connectivity index (χ1v) is 5.29. The number of rotatable bonds is 2. The highest BCUT2D eigenvalue weighted by Crippen LogP contribution is 2.34. The monoisotopic (exact) mass is 267 g/mol. The smallest absolute Gasteiger partial charge is 0.259 e. The summed E-state index contributed by atoms with van der Waals surface area (Å²) in [6, 6.07) is 10.9. The van der Waals surface area contributed by atoms with E-state index in [2.05, 4.69) is 0 Å². The molecule has 0 aliphatic carbocycles. The molecule has 0 unspecified atom stereocenters. The number of nitrogens with zero attached hydrogens (tertiary/aromatic N) is 1. The number of halogens is 3. The predicted octanol–water partition coefficient (Wildman–Crippen LogP) is 4.02. The lowest BCUT2D eigenvalue weighted by atomic mass is 10.0. The molecule has 0 atom stereocenters. The molecular formula is C13H8F3NO2. The lowest BCUT2D eigenvalue weighted by molar-refractivity contribution is -0.402. The van der Waals surface area contributed by atoms with Gasteiger partial charge in [-0.15, -0.1) is 0 Å². The highest BCUT2D eigenvalue weighted by molar-refractivity contribution is 5.86. The van der Waals surface area contributed by atoms with E-state index in [0.717, 1.165) is 5.39 Å². The minimum absolute atomic E-state index is 0.00981. The molecule has 0 amide bonds. The topological polar surface area (TPSA) is 43.1 Å². The Hall–Kier alpha value is -2.37. The Morgan fingerprint density at radius 1 is 1.11 bits per heavy atom. The second-order valence-electron chi connectivity index (χ2n) is 3.89. The number of hydrogen-bond acceptors (Lipinski definition) is 2. The van der Waals surface area contributed by atoms with Crippen molar-refractivity contribution in [2.24, 2.45) is 0 Å². The summed E-state index contributed by atoms with van der Waals surface area (Å²) in [6.07, 6.45) is -4.78. The zero-order valence-electron chi connectivity index (χ0n) is 9.52. The van der Waals surface area contributed by atoms with Crippen LogP contribution in [-0.4, -0.2) is 11.1 Å². The van der Waals surface area contributed by atoms with Crippen LogP contribution in [0.3, 0.4) is 0 Å². The standard InChI is InChI=1S/C13H8F3NO2/c14-13(15,16)12(8-17(18)19)11-6-5-9-3-1-2-4-10(9)7-11/h1-8H/b12-8+. The van der Waals surface area contributed by atoms with E-state index in [1.165, 1.54) is 18.2 Å². The Balaban J connectivity index is 2.60. The number of benzene rings is 2. The van der Waals surface area contributed by atoms with E-state index < -0.39 is 16.7 Å². The van der Waals surface area contributed by atoms with Gasteiger partial charge in [0.1, 0.15) is 5.57 Å². The Morgan fingerprint density at radius 2 is 1.74 bits per heavy atom. The fourth-order valence-electron chi connectivity index (χ4n) is 1.77. The molecule has 2 aromatic rings. The summed E-state index contributed by atoms with van der Waals surface area (Å²) in [5, 5.41) is 11.7. The van der Waals surface area contributed by atoms with E-state index in [9.17, 15) is 23.3 Å². The van der Waals surface area contributed by atoms with Gasteiger partial charge in [-0.25, -0.2) is 0 Å². The maximum Gasteiger partial charge on any atom is 0.422 e. The van der Waals surface area contributed by atoms with Crippen LogP contribution in [0.4, 0.5) is 13.2 Å². The first-order chi connectivity index (χ1) is 8.88. The van der Waals surface area contributed by atoms with Crippen molar-refractivity contribution in [3.05, 3.63) is 64.3 Å². The van der Waals surface area contributed by atoms with Crippen molar-refractivity contribution >= 4 is 16.3 Å². The Kier molecular flexibility index (Phi) is 3.25. The Morgan fingerprint density at radius 3 is 2.32 bits per heavy atom. The number of alkyl halides is 3. The summed E-state index contributed by atoms with van der Waals surface area (Å²) in [6.45, 7) is 0. The third-order valence-electron chi connectivity index (χ3n) is 2.60. The van der Waals surface area contributed by atoms with E-state index >= 15 is 0 Å². The second kappa shape index (κ2) is 4.72. The van der Waals surface area contributed by atoms with Gasteiger partial charge in [-0.2, -0.15) is 13.2 Å². The fraction of sp³-hybridized carbons (Fsp3) is 0.0769. The Labute approximate surface area is 106 Å². The van der Waals surface area contributed by atoms with Crippen LogP contribution < -0.4 is 0 Å². The maximum atomic E-state index is 12.8. The highest BCUT2D eigenvalue weighted by Gasteiger charge is 2.37. The summed E-state index contributed by atoms with van der Waals surface area (Å²) in [5.41, 5.74) is -1.48. The van der Waals surface area contributed by atoms with Crippen LogP contribution in [-0.2, 0) is 0 Å². The third-order valence-corrected chi connectivity index (χ3v) is 2.60. The molecule has 0 aliphatic rings. The molecule has 0 N–H and O–H groups in total. The first kappa shape index (κ1) is 13.1. The number of hydrogen-bond donors (Lipinski definition) is 0. The van der Waals surface area contributed by atoms with Gasteiger partial charge >= 0.3 is 6.18 Å². The van der Waals surface area contributed by atoms with Crippen molar-refractivity contribution in [1.82, 2.24) is 0 Å². The largest absolute Gasteiger partial charge is 0.422 e. The van der Waals surface area contributed by atoms with Crippen LogP contribution >= 0.6 is 0 Å². The lowest BCUT2D eigenvalue weighted by Crippen LogP contribution is -2.12. The van der Waals surface area contributed by atoms with Crippen LogP contribution in [0.2, 0.25) is 0 Å². The van der Waals surface area contributed by atoms with Gasteiger partial charge in [-0.05, 0) is 22.4 Å². The molecule has 0 heterocycles. The molecule has 3 nitrogen and oxygen atoms in total. The van der Waals surface area contributed by atoms with Crippen molar-refractivity contribution in [2.45, 2.75) is 6.18 Å². The molecule has 0 saturated carbocycles. The lowest BCUT2D eigenvalue weighted by Gasteiger charge is -2.10. The van der Waals surface area contributed by atoms with E-state index in [0.29, 0.717) is 5.39 Å². The molecule has 98 valence electrons. The molecule has 0 bridgehead atoms. The van der Waals surface area contributed by atoms with E-state index in [1.807, 2.05) is 0 Å². The van der Waals surface area contributed by atoms with Gasteiger partial charge in [0.15, 0.2) is 0 Å². The van der Waals surface area contributed by atoms with Crippen molar-refractivity contribution in [3.8, 4) is 0 Å². The van der Waals surface area contributed by atoms with Gasteiger partial charge in [0.2, 0.25) is 6.20 Å². The molecule has 0 fully saturated rings. The molecular weight excluding hydrogens is 259 g/mol. The van der Waals surface area contributed by atoms with Crippen molar-refractivity contribution < 1.29 is 18.1 Å². The minimum atomic E-state index is -4.77. The van der Waals surface area contributed by atoms with Gasteiger partial charge in [0, 0.05) is 0 Å². The molecule has 0 radical (unpaired) electrons. The number of nitro groups is 1. The second-order valence-corrected chi connectivity index (χ2v) is 3.89. The third kappa shape index (κ3) is 2.90. The van der Waals surface area contributed by atoms with Gasteiger partial charge < -0.3 is 0 Å². The number of allylic oxidation sites excluding steroid dienone is 1. The molecule has 19 heavy (non-hydrogen) atoms. The number of fused-ring (bicyclic) bond motifs is 1. The summed E-state index contributed by atoms with van der Waals surface area (Å²) >= 11 is 0. The van der Waals surface area contributed by atoms with Crippen molar-refractivity contribution in [3.63, 3.8) is 0 Å². The van der Waals surface area contributed by atoms with Gasteiger partial charge in [-0.3, -0.25) is 10.1 Å². The van der Waals surface area contributed by atoms with Crippen LogP contribution in [0.1, 0.15) is 5.56 Å². The molecule has 0 saturated heterocycles. The highest BCUT2D eigenvalue weighted by atomic mass is 19.4. The summed E-state index contributed by atoms with van der Waals surface area (Å²) in [7, 11) is 0. The van der Waals surface area contributed by atoms with Crippen molar-refractivity contribution in [1.29, 1.82) is 0 Å². The molecule has 2 rings (SSSR count). The van der Waals surface area contributed by atoms with Crippen LogP contribution in [0.15, 0.2) is 48.7 Å². The zero-order chi connectivity index (χ0) is 14.0. The van der Waals surface area contributed by atoms with Gasteiger partial charge in [-0.1, -0.05) is 36.4 Å². The first-order valence-electron chi connectivity index (χ1n) is 5.29. The quantitative estimate of drug-likeness (QED) is 0.609. The minimum Gasteiger partial charge on any atom is -0.259 e. The fourth-order valence-corrected chi connectivity index (χ4v) is 1.77. The van der Waals surface area contributed by atoms with E-state index in [1.54, 1.807) is 24.3 Å². The van der Waals surface area contributed by atoms with Gasteiger partial charge in [0.05, 0.1) is 4.92 Å². The zero-order valence-corrected chi connectivity index (χ0v) is 9.52. The normalized spacial score (nSPS) is 12.7. The Bertz CT molecular complexity index is 662. The molecule has 6 heteroatoms. The van der Waals surface area contributed by atoms with Crippen LogP contribution in [0, 0.1) is 10.1 Å². The summed E-state index contributed by atoms with van der Waals surface area (Å²) in [4.78, 5) is 9.22. The van der Waals surface area contributed by atoms with Crippen molar-refractivity contribution in [2.75, 3.05) is 0 Å². The SMILES string of the molecule is O=[N+]([O-])/C=C(\c1ccc2ccccc2c1)C(F)(F)F. The van der Waals surface area contributed by atoms with E-state index in [-0.39, 0.29) is 11.8 Å². The van der Waals surface area contributed by atoms with Crippen LogP contribution in [0.25, 0.3) is 16.3 Å². The molecule has 2 aromatic carbocycles. The average Bonchev–Trinajstić information content (AvgIpc) is 2.34.